The summed E-state index contributed by atoms with van der Waals surface area (Å²) in [5.41, 5.74) is 0.928. The second-order valence-electron chi connectivity index (χ2n) is 7.19. The number of phenolic OH excluding ortho intramolecular Hbond substituents is 2. The molecule has 0 aliphatic heterocycles. The Labute approximate surface area is 189 Å². The van der Waals surface area contributed by atoms with E-state index in [-0.39, 0.29) is 40.4 Å². The summed E-state index contributed by atoms with van der Waals surface area (Å²) in [5.74, 6) is -0.994. The highest BCUT2D eigenvalue weighted by atomic mass is 16.5. The lowest BCUT2D eigenvalue weighted by Crippen LogP contribution is -2.09. The zero-order valence-corrected chi connectivity index (χ0v) is 18.4. The first-order valence-corrected chi connectivity index (χ1v) is 9.84. The Morgan fingerprint density at radius 3 is 1.55 bits per heavy atom. The normalized spacial score (nSPS) is 10.6. The van der Waals surface area contributed by atoms with Crippen LogP contribution in [0.2, 0.25) is 0 Å². The number of esters is 2. The second kappa shape index (κ2) is 9.81. The number of rotatable bonds is 7. The molecule has 0 spiro atoms. The van der Waals surface area contributed by atoms with Crippen LogP contribution >= 0.6 is 0 Å². The minimum Gasteiger partial charge on any atom is -0.507 e. The molecule has 0 radical (unpaired) electrons. The predicted octanol–water partition coefficient (Wildman–Crippen LogP) is 3.47. The van der Waals surface area contributed by atoms with Crippen LogP contribution in [-0.2, 0) is 9.47 Å². The Bertz CT molecular complexity index is 1110. The molecule has 0 saturated carbocycles. The number of benzene rings is 2. The van der Waals surface area contributed by atoms with Gasteiger partial charge in [-0.3, -0.25) is 0 Å². The maximum Gasteiger partial charge on any atom is 0.341 e. The van der Waals surface area contributed by atoms with Gasteiger partial charge >= 0.3 is 11.9 Å². The van der Waals surface area contributed by atoms with Crippen LogP contribution in [0.1, 0.15) is 46.3 Å². The van der Waals surface area contributed by atoms with Crippen LogP contribution in [0.15, 0.2) is 36.4 Å². The summed E-state index contributed by atoms with van der Waals surface area (Å²) in [6.07, 6.45) is 0. The third-order valence-electron chi connectivity index (χ3n) is 4.49. The van der Waals surface area contributed by atoms with Gasteiger partial charge in [0.1, 0.15) is 28.5 Å². The first-order valence-electron chi connectivity index (χ1n) is 9.84. The van der Waals surface area contributed by atoms with Crippen molar-refractivity contribution in [1.29, 1.82) is 0 Å². The summed E-state index contributed by atoms with van der Waals surface area (Å²) in [4.78, 5) is 36.4. The number of aromatic hydroxyl groups is 2. The van der Waals surface area contributed by atoms with Crippen LogP contribution in [0.4, 0.5) is 23.3 Å². The quantitative estimate of drug-likeness (QED) is 0.388. The van der Waals surface area contributed by atoms with Crippen LogP contribution in [0.3, 0.4) is 0 Å². The fourth-order valence-electron chi connectivity index (χ4n) is 2.80. The maximum atomic E-state index is 11.7. The van der Waals surface area contributed by atoms with Crippen LogP contribution in [0, 0.1) is 0 Å². The Morgan fingerprint density at radius 2 is 1.21 bits per heavy atom. The van der Waals surface area contributed by atoms with Crippen molar-refractivity contribution in [3.05, 3.63) is 53.3 Å². The van der Waals surface area contributed by atoms with E-state index in [0.717, 1.165) is 0 Å². The summed E-state index contributed by atoms with van der Waals surface area (Å²) < 4.78 is 9.24. The van der Waals surface area contributed by atoms with Gasteiger partial charge in [0.15, 0.2) is 0 Å². The molecule has 0 aliphatic rings. The summed E-state index contributed by atoms with van der Waals surface area (Å²) >= 11 is 0. The first-order chi connectivity index (χ1) is 15.7. The van der Waals surface area contributed by atoms with E-state index in [9.17, 15) is 19.8 Å². The van der Waals surface area contributed by atoms with Crippen molar-refractivity contribution in [2.75, 3.05) is 24.9 Å². The summed E-state index contributed by atoms with van der Waals surface area (Å²) in [6, 6.07) is 8.67. The standard InChI is InChI=1S/C22H23N5O6/c1-11(2)18-25-21(23-12-5-7-14(16(28)9-12)19(30)32-3)27-22(26-18)24-13-6-8-15(17(29)10-13)20(31)33-4/h5-11,28-29H,1-4H3,(H2,23,24,25,26,27). The monoisotopic (exact) mass is 453 g/mol. The van der Waals surface area contributed by atoms with Crippen molar-refractivity contribution in [2.24, 2.45) is 0 Å². The number of nitrogens with one attached hydrogen (secondary N) is 2. The lowest BCUT2D eigenvalue weighted by Gasteiger charge is -2.13. The highest BCUT2D eigenvalue weighted by Gasteiger charge is 2.15. The lowest BCUT2D eigenvalue weighted by atomic mass is 10.2. The van der Waals surface area contributed by atoms with Gasteiger partial charge in [0.2, 0.25) is 11.9 Å². The number of nitrogens with zero attached hydrogens (tertiary/aromatic N) is 3. The van der Waals surface area contributed by atoms with Crippen molar-refractivity contribution in [3.63, 3.8) is 0 Å². The van der Waals surface area contributed by atoms with Crippen molar-refractivity contribution < 1.29 is 29.3 Å². The maximum absolute atomic E-state index is 11.7. The molecule has 4 N–H and O–H groups in total. The van der Waals surface area contributed by atoms with E-state index in [2.05, 4.69) is 35.1 Å². The van der Waals surface area contributed by atoms with Crippen LogP contribution in [0.25, 0.3) is 0 Å². The summed E-state index contributed by atoms with van der Waals surface area (Å²) in [5, 5.41) is 26.1. The second-order valence-corrected chi connectivity index (χ2v) is 7.19. The van der Waals surface area contributed by atoms with E-state index in [1.165, 1.54) is 38.5 Å². The van der Waals surface area contributed by atoms with Gasteiger partial charge in [-0.05, 0) is 24.3 Å². The van der Waals surface area contributed by atoms with Crippen molar-refractivity contribution in [3.8, 4) is 11.5 Å². The summed E-state index contributed by atoms with van der Waals surface area (Å²) in [7, 11) is 2.45. The number of methoxy groups -OCH3 is 2. The molecular formula is C22H23N5O6. The number of anilines is 4. The third kappa shape index (κ3) is 5.45. The zero-order chi connectivity index (χ0) is 24.1. The highest BCUT2D eigenvalue weighted by Crippen LogP contribution is 2.27. The average molecular weight is 453 g/mol. The first kappa shape index (κ1) is 23.3. The van der Waals surface area contributed by atoms with E-state index >= 15 is 0 Å². The molecule has 1 aromatic heterocycles. The molecule has 0 atom stereocenters. The molecule has 11 nitrogen and oxygen atoms in total. The molecule has 0 unspecified atom stereocenters. The molecule has 11 heteroatoms. The SMILES string of the molecule is COC(=O)c1ccc(Nc2nc(Nc3ccc(C(=O)OC)c(O)c3)nc(C(C)C)n2)cc1O. The van der Waals surface area contributed by atoms with Crippen LogP contribution < -0.4 is 10.6 Å². The van der Waals surface area contributed by atoms with E-state index in [1.807, 2.05) is 13.8 Å². The predicted molar refractivity (Wildman–Crippen MR) is 119 cm³/mol. The molecule has 2 aromatic carbocycles. The number of carbonyl (C=O) groups excluding carboxylic acids is 2. The fraction of sp³-hybridized carbons (Fsp3) is 0.227. The van der Waals surface area contributed by atoms with Crippen molar-refractivity contribution in [1.82, 2.24) is 15.0 Å². The number of aromatic nitrogens is 3. The molecule has 0 bridgehead atoms. The van der Waals surface area contributed by atoms with Gasteiger partial charge in [-0.25, -0.2) is 9.59 Å². The average Bonchev–Trinajstić information content (AvgIpc) is 2.78. The van der Waals surface area contributed by atoms with Crippen LogP contribution in [-0.4, -0.2) is 51.3 Å². The summed E-state index contributed by atoms with van der Waals surface area (Å²) in [6.45, 7) is 3.83. The van der Waals surface area contributed by atoms with Gasteiger partial charge in [0, 0.05) is 29.4 Å². The zero-order valence-electron chi connectivity index (χ0n) is 18.4. The van der Waals surface area contributed by atoms with E-state index in [4.69, 9.17) is 0 Å². The number of hydrogen-bond acceptors (Lipinski definition) is 11. The minimum atomic E-state index is -0.658. The van der Waals surface area contributed by atoms with Crippen LogP contribution in [0.5, 0.6) is 11.5 Å². The molecule has 0 saturated heterocycles. The molecule has 33 heavy (non-hydrogen) atoms. The van der Waals surface area contributed by atoms with Gasteiger partial charge in [-0.2, -0.15) is 15.0 Å². The Morgan fingerprint density at radius 1 is 0.788 bits per heavy atom. The van der Waals surface area contributed by atoms with E-state index < -0.39 is 11.9 Å². The molecule has 3 aromatic rings. The molecule has 0 fully saturated rings. The van der Waals surface area contributed by atoms with Gasteiger partial charge in [0.05, 0.1) is 14.2 Å². The van der Waals surface area contributed by atoms with Gasteiger partial charge in [-0.15, -0.1) is 0 Å². The van der Waals surface area contributed by atoms with Gasteiger partial charge in [-0.1, -0.05) is 13.8 Å². The van der Waals surface area contributed by atoms with Crippen molar-refractivity contribution in [2.45, 2.75) is 19.8 Å². The Balaban J connectivity index is 1.89. The topological polar surface area (TPSA) is 156 Å². The number of hydrogen-bond donors (Lipinski definition) is 4. The number of ether oxygens (including phenoxy) is 2. The Kier molecular flexibility index (Phi) is 6.91. The molecule has 3 rings (SSSR count). The molecule has 172 valence electrons. The largest absolute Gasteiger partial charge is 0.507 e. The van der Waals surface area contributed by atoms with Gasteiger partial charge < -0.3 is 30.3 Å². The third-order valence-corrected chi connectivity index (χ3v) is 4.49. The lowest BCUT2D eigenvalue weighted by molar-refractivity contribution is 0.0588. The fourth-order valence-corrected chi connectivity index (χ4v) is 2.80. The van der Waals surface area contributed by atoms with E-state index in [0.29, 0.717) is 17.2 Å². The Hall–Kier alpha value is -4.41. The van der Waals surface area contributed by atoms with Gasteiger partial charge in [0.25, 0.3) is 0 Å². The van der Waals surface area contributed by atoms with Crippen molar-refractivity contribution >= 4 is 35.2 Å². The molecular weight excluding hydrogens is 430 g/mol. The molecule has 1 heterocycles. The smallest absolute Gasteiger partial charge is 0.341 e. The molecule has 0 aliphatic carbocycles. The molecule has 0 amide bonds. The van der Waals surface area contributed by atoms with E-state index in [1.54, 1.807) is 12.1 Å². The number of carbonyl (C=O) groups is 2. The number of phenols is 2. The minimum absolute atomic E-state index is 0.0270. The highest BCUT2D eigenvalue weighted by molar-refractivity contribution is 5.93.